The Balaban J connectivity index is 2.63. The molecule has 1 N–H and O–H groups in total. The van der Waals surface area contributed by atoms with Crippen LogP contribution in [0.25, 0.3) is 0 Å². The summed E-state index contributed by atoms with van der Waals surface area (Å²) in [7, 11) is 1.36. The summed E-state index contributed by atoms with van der Waals surface area (Å²) in [6, 6.07) is -0.533. The second-order valence-corrected chi connectivity index (χ2v) is 5.64. The molecule has 0 radical (unpaired) electrons. The first-order chi connectivity index (χ1) is 7.85. The molecule has 1 heterocycles. The number of hydrogen-bond donors (Lipinski definition) is 1. The van der Waals surface area contributed by atoms with Crippen molar-refractivity contribution in [3.8, 4) is 0 Å². The van der Waals surface area contributed by atoms with E-state index < -0.39 is 17.7 Å². The molecule has 1 fully saturated rings. The smallest absolute Gasteiger partial charge is 0.411 e. The van der Waals surface area contributed by atoms with Crippen LogP contribution in [0.4, 0.5) is 4.79 Å². The molecule has 1 rings (SSSR count). The fourth-order valence-corrected chi connectivity index (χ4v) is 2.47. The van der Waals surface area contributed by atoms with Crippen molar-refractivity contribution in [2.45, 2.75) is 32.4 Å². The van der Waals surface area contributed by atoms with Crippen molar-refractivity contribution in [3.05, 3.63) is 0 Å². The standard InChI is InChI=1S/C10H18N2O4S/c1-10(2,3)16-9(14)12-6-17-5-7(12)8(13)11-15-4/h7H,5-6H2,1-4H3,(H,11,13)/t7-/m1/s1. The lowest BCUT2D eigenvalue weighted by Gasteiger charge is -2.27. The molecule has 0 bridgehead atoms. The van der Waals surface area contributed by atoms with Gasteiger partial charge in [-0.1, -0.05) is 0 Å². The van der Waals surface area contributed by atoms with E-state index in [4.69, 9.17) is 4.74 Å². The molecular weight excluding hydrogens is 244 g/mol. The first-order valence-electron chi connectivity index (χ1n) is 5.25. The van der Waals surface area contributed by atoms with Crippen LogP contribution in [0, 0.1) is 0 Å². The second-order valence-electron chi connectivity index (χ2n) is 4.64. The molecule has 0 aromatic carbocycles. The van der Waals surface area contributed by atoms with E-state index in [0.717, 1.165) is 0 Å². The molecule has 7 heteroatoms. The van der Waals surface area contributed by atoms with Crippen molar-refractivity contribution in [1.29, 1.82) is 0 Å². The minimum atomic E-state index is -0.563. The number of hydroxylamine groups is 1. The zero-order valence-corrected chi connectivity index (χ0v) is 11.3. The van der Waals surface area contributed by atoms with Crippen molar-refractivity contribution in [1.82, 2.24) is 10.4 Å². The number of carbonyl (C=O) groups excluding carboxylic acids is 2. The summed E-state index contributed by atoms with van der Waals surface area (Å²) >= 11 is 1.51. The van der Waals surface area contributed by atoms with Crippen LogP contribution in [0.5, 0.6) is 0 Å². The lowest BCUT2D eigenvalue weighted by atomic mass is 10.2. The molecule has 98 valence electrons. The highest BCUT2D eigenvalue weighted by atomic mass is 32.2. The number of nitrogens with one attached hydrogen (secondary N) is 1. The third-order valence-electron chi connectivity index (χ3n) is 2.02. The first-order valence-corrected chi connectivity index (χ1v) is 6.41. The van der Waals surface area contributed by atoms with Gasteiger partial charge >= 0.3 is 6.09 Å². The Morgan fingerprint density at radius 2 is 2.06 bits per heavy atom. The number of nitrogens with zero attached hydrogens (tertiary/aromatic N) is 1. The fourth-order valence-electron chi connectivity index (χ4n) is 1.33. The van der Waals surface area contributed by atoms with Gasteiger partial charge in [0.05, 0.1) is 13.0 Å². The van der Waals surface area contributed by atoms with Gasteiger partial charge in [-0.25, -0.2) is 10.3 Å². The maximum atomic E-state index is 11.8. The maximum absolute atomic E-state index is 11.8. The highest BCUT2D eigenvalue weighted by molar-refractivity contribution is 7.99. The van der Waals surface area contributed by atoms with Crippen LogP contribution in [-0.4, -0.2) is 47.3 Å². The SMILES string of the molecule is CONC(=O)[C@H]1CSCN1C(=O)OC(C)(C)C. The van der Waals surface area contributed by atoms with E-state index in [1.165, 1.54) is 23.8 Å². The third kappa shape index (κ3) is 4.08. The normalized spacial score (nSPS) is 20.2. The van der Waals surface area contributed by atoms with Crippen molar-refractivity contribution in [2.75, 3.05) is 18.7 Å². The van der Waals surface area contributed by atoms with Crippen LogP contribution >= 0.6 is 11.8 Å². The van der Waals surface area contributed by atoms with Gasteiger partial charge in [-0.05, 0) is 20.8 Å². The molecule has 2 amide bonds. The molecule has 1 saturated heterocycles. The largest absolute Gasteiger partial charge is 0.444 e. The lowest BCUT2D eigenvalue weighted by Crippen LogP contribution is -2.48. The van der Waals surface area contributed by atoms with E-state index in [0.29, 0.717) is 11.6 Å². The molecule has 1 aliphatic heterocycles. The van der Waals surface area contributed by atoms with Crippen LogP contribution in [-0.2, 0) is 14.4 Å². The molecule has 17 heavy (non-hydrogen) atoms. The Hall–Kier alpha value is -0.950. The lowest BCUT2D eigenvalue weighted by molar-refractivity contribution is -0.135. The number of hydrogen-bond acceptors (Lipinski definition) is 5. The topological polar surface area (TPSA) is 67.9 Å². The summed E-state index contributed by atoms with van der Waals surface area (Å²) < 4.78 is 5.23. The Labute approximate surface area is 105 Å². The van der Waals surface area contributed by atoms with E-state index in [1.807, 2.05) is 0 Å². The van der Waals surface area contributed by atoms with Crippen LogP contribution in [0.3, 0.4) is 0 Å². The van der Waals surface area contributed by atoms with E-state index in [1.54, 1.807) is 20.8 Å². The van der Waals surface area contributed by atoms with Gasteiger partial charge in [0.1, 0.15) is 11.6 Å². The summed E-state index contributed by atoms with van der Waals surface area (Å²) in [5, 5.41) is 0. The molecule has 0 saturated carbocycles. The minimum Gasteiger partial charge on any atom is -0.444 e. The average Bonchev–Trinajstić information content (AvgIpc) is 2.63. The van der Waals surface area contributed by atoms with E-state index >= 15 is 0 Å². The number of thioether (sulfide) groups is 1. The van der Waals surface area contributed by atoms with Crippen molar-refractivity contribution >= 4 is 23.8 Å². The Bertz CT molecular complexity index is 303. The number of ether oxygens (including phenoxy) is 1. The van der Waals surface area contributed by atoms with E-state index in [-0.39, 0.29) is 5.91 Å². The molecule has 0 aliphatic carbocycles. The van der Waals surface area contributed by atoms with Gasteiger partial charge in [0.2, 0.25) is 0 Å². The predicted molar refractivity (Wildman–Crippen MR) is 64.3 cm³/mol. The monoisotopic (exact) mass is 262 g/mol. The van der Waals surface area contributed by atoms with Gasteiger partial charge in [0, 0.05) is 5.75 Å². The average molecular weight is 262 g/mol. The summed E-state index contributed by atoms with van der Waals surface area (Å²) in [5.41, 5.74) is 1.67. The van der Waals surface area contributed by atoms with Gasteiger partial charge in [-0.2, -0.15) is 0 Å². The summed E-state index contributed by atoms with van der Waals surface area (Å²) in [5.74, 6) is 0.675. The molecule has 0 aromatic heterocycles. The summed E-state index contributed by atoms with van der Waals surface area (Å²) in [6.07, 6.45) is -0.473. The minimum absolute atomic E-state index is 0.330. The predicted octanol–water partition coefficient (Wildman–Crippen LogP) is 0.974. The molecule has 0 unspecified atom stereocenters. The van der Waals surface area contributed by atoms with Gasteiger partial charge in [0.15, 0.2) is 0 Å². The van der Waals surface area contributed by atoms with Crippen molar-refractivity contribution < 1.29 is 19.2 Å². The Morgan fingerprint density at radius 1 is 1.41 bits per heavy atom. The van der Waals surface area contributed by atoms with Gasteiger partial charge < -0.3 is 4.74 Å². The van der Waals surface area contributed by atoms with Crippen molar-refractivity contribution in [3.63, 3.8) is 0 Å². The summed E-state index contributed by atoms with van der Waals surface area (Å²) in [4.78, 5) is 29.4. The highest BCUT2D eigenvalue weighted by Gasteiger charge is 2.37. The Morgan fingerprint density at radius 3 is 2.59 bits per heavy atom. The third-order valence-corrected chi connectivity index (χ3v) is 3.03. The van der Waals surface area contributed by atoms with Crippen LogP contribution in [0.1, 0.15) is 20.8 Å². The maximum Gasteiger partial charge on any atom is 0.411 e. The number of rotatable bonds is 2. The highest BCUT2D eigenvalue weighted by Crippen LogP contribution is 2.23. The molecular formula is C10H18N2O4S. The second kappa shape index (κ2) is 5.59. The van der Waals surface area contributed by atoms with Crippen LogP contribution in [0.15, 0.2) is 0 Å². The zero-order chi connectivity index (χ0) is 13.1. The molecule has 1 aliphatic rings. The van der Waals surface area contributed by atoms with Gasteiger partial charge in [-0.15, -0.1) is 11.8 Å². The molecule has 0 spiro atoms. The van der Waals surface area contributed by atoms with Crippen LogP contribution in [0.2, 0.25) is 0 Å². The fraction of sp³-hybridized carbons (Fsp3) is 0.800. The summed E-state index contributed by atoms with van der Waals surface area (Å²) in [6.45, 7) is 5.37. The number of amides is 2. The van der Waals surface area contributed by atoms with E-state index in [2.05, 4.69) is 10.3 Å². The molecule has 0 aromatic rings. The van der Waals surface area contributed by atoms with Gasteiger partial charge in [-0.3, -0.25) is 14.5 Å². The van der Waals surface area contributed by atoms with Crippen LogP contribution < -0.4 is 5.48 Å². The van der Waals surface area contributed by atoms with E-state index in [9.17, 15) is 9.59 Å². The molecule has 6 nitrogen and oxygen atoms in total. The zero-order valence-electron chi connectivity index (χ0n) is 10.5. The quantitative estimate of drug-likeness (QED) is 0.751. The van der Waals surface area contributed by atoms with Crippen molar-refractivity contribution in [2.24, 2.45) is 0 Å². The first kappa shape index (κ1) is 14.1. The molecule has 1 atom stereocenters. The number of carbonyl (C=O) groups is 2. The van der Waals surface area contributed by atoms with Gasteiger partial charge in [0.25, 0.3) is 5.91 Å². The Kier molecular flexibility index (Phi) is 4.64.